The van der Waals surface area contributed by atoms with Crippen LogP contribution in [-0.4, -0.2) is 123 Å². The molecule has 0 aliphatic carbocycles. The Balaban J connectivity index is 1.23. The Hall–Kier alpha value is -2.44. The summed E-state index contributed by atoms with van der Waals surface area (Å²) in [6.07, 6.45) is 18.0. The highest BCUT2D eigenvalue weighted by Gasteiger charge is 2.50. The van der Waals surface area contributed by atoms with E-state index in [1.807, 2.05) is 0 Å². The van der Waals surface area contributed by atoms with Gasteiger partial charge in [-0.3, -0.25) is 32.5 Å². The summed E-state index contributed by atoms with van der Waals surface area (Å²) in [5.41, 5.74) is 4.30. The van der Waals surface area contributed by atoms with Crippen molar-refractivity contribution in [3.8, 4) is 0 Å². The number of rotatable bonds is 40. The smallest absolute Gasteiger partial charge is 0.386 e. The van der Waals surface area contributed by atoms with Crippen LogP contribution in [0.4, 0.5) is 5.82 Å². The fourth-order valence-electron chi connectivity index (χ4n) is 8.14. The Bertz CT molecular complexity index is 2120. The standard InChI is InChI=1S/C45H82N7O17P3S/c1-5-6-7-8-9-13-16-19-22-33(2)23-20-17-14-11-10-12-15-18-21-24-36(54)73-28-27-47-35(53)25-26-48-43(57)40(56)45(3,4)30-66-72(63,64)69-71(61,62)65-29-34-39(68-70(58,59)60)38(55)44(67-34)52-32-51-37-41(46)49-31-50-42(37)52/h31-34,38-40,44,55-56H,5-30H2,1-4H3,(H,47,53)(H,48,57)(H,61,62)(H,63,64)(H2,46,49,50)(H2,58,59,60). The number of nitrogens with two attached hydrogens (primary N) is 1. The van der Waals surface area contributed by atoms with Crippen LogP contribution in [0.15, 0.2) is 12.7 Å². The Morgan fingerprint density at radius 2 is 1.40 bits per heavy atom. The summed E-state index contributed by atoms with van der Waals surface area (Å²) in [7, 11) is -16.4. The normalized spacial score (nSPS) is 19.9. The number of unbranched alkanes of at least 4 members (excludes halogenated alkanes) is 15. The summed E-state index contributed by atoms with van der Waals surface area (Å²) in [6, 6.07) is 0. The van der Waals surface area contributed by atoms with Crippen LogP contribution in [0.1, 0.15) is 169 Å². The summed E-state index contributed by atoms with van der Waals surface area (Å²) in [5, 5.41) is 26.7. The molecule has 24 nitrogen and oxygen atoms in total. The quantitative estimate of drug-likeness (QED) is 0.0237. The number of thioether (sulfide) groups is 1. The molecule has 2 amide bonds. The van der Waals surface area contributed by atoms with Crippen molar-refractivity contribution < 1.29 is 80.5 Å². The molecule has 0 saturated carbocycles. The number of imidazole rings is 1. The Labute approximate surface area is 433 Å². The maximum Gasteiger partial charge on any atom is 0.481 e. The third-order valence-corrected chi connectivity index (χ3v) is 16.4. The van der Waals surface area contributed by atoms with E-state index in [-0.39, 0.29) is 41.6 Å². The van der Waals surface area contributed by atoms with Crippen LogP contribution >= 0.6 is 35.2 Å². The topological polar surface area (TPSA) is 364 Å². The van der Waals surface area contributed by atoms with Gasteiger partial charge in [-0.05, 0) is 12.3 Å². The van der Waals surface area contributed by atoms with Crippen molar-refractivity contribution >= 4 is 69.1 Å². The van der Waals surface area contributed by atoms with Gasteiger partial charge in [0.1, 0.15) is 36.3 Å². The number of amides is 2. The zero-order chi connectivity index (χ0) is 54.1. The van der Waals surface area contributed by atoms with Gasteiger partial charge in [0.25, 0.3) is 0 Å². The van der Waals surface area contributed by atoms with Crippen LogP contribution in [0, 0.1) is 11.3 Å². The van der Waals surface area contributed by atoms with Gasteiger partial charge in [-0.2, -0.15) is 4.31 Å². The van der Waals surface area contributed by atoms with E-state index in [1.165, 1.54) is 117 Å². The van der Waals surface area contributed by atoms with E-state index in [2.05, 4.69) is 48.3 Å². The molecule has 2 aromatic heterocycles. The molecule has 3 heterocycles. The van der Waals surface area contributed by atoms with Crippen LogP contribution in [0.25, 0.3) is 11.2 Å². The average Bonchev–Trinajstić information content (AvgIpc) is 3.88. The molecule has 0 spiro atoms. The number of anilines is 1. The molecule has 1 saturated heterocycles. The third kappa shape index (κ3) is 25.5. The van der Waals surface area contributed by atoms with Crippen LogP contribution in [0.5, 0.6) is 0 Å². The Morgan fingerprint density at radius 3 is 2.00 bits per heavy atom. The van der Waals surface area contributed by atoms with Gasteiger partial charge in [0.05, 0.1) is 19.5 Å². The number of aliphatic hydroxyl groups excluding tert-OH is 2. The fourth-order valence-corrected chi connectivity index (χ4v) is 11.7. The molecule has 0 aromatic carbocycles. The molecule has 3 rings (SSSR count). The molecular formula is C45H82N7O17P3S. The summed E-state index contributed by atoms with van der Waals surface area (Å²) in [6.45, 7) is 5.26. The van der Waals surface area contributed by atoms with E-state index in [4.69, 9.17) is 19.5 Å². The number of ether oxygens (including phenoxy) is 1. The number of nitrogens with zero attached hydrogens (tertiary/aromatic N) is 4. The van der Waals surface area contributed by atoms with Crippen LogP contribution in [0.2, 0.25) is 0 Å². The van der Waals surface area contributed by atoms with Crippen LogP contribution in [-0.2, 0) is 50.7 Å². The number of nitrogen functional groups attached to an aromatic ring is 1. The molecule has 73 heavy (non-hydrogen) atoms. The van der Waals surface area contributed by atoms with Crippen molar-refractivity contribution in [2.75, 3.05) is 37.8 Å². The second-order valence-electron chi connectivity index (χ2n) is 19.4. The van der Waals surface area contributed by atoms with E-state index in [9.17, 15) is 57.9 Å². The zero-order valence-electron chi connectivity index (χ0n) is 42.8. The monoisotopic (exact) mass is 1120 g/mol. The predicted octanol–water partition coefficient (Wildman–Crippen LogP) is 7.12. The number of hydrogen-bond acceptors (Lipinski definition) is 18. The minimum Gasteiger partial charge on any atom is -0.386 e. The Morgan fingerprint density at radius 1 is 0.822 bits per heavy atom. The second-order valence-corrected chi connectivity index (χ2v) is 24.8. The highest BCUT2D eigenvalue weighted by molar-refractivity contribution is 8.13. The maximum atomic E-state index is 12.8. The number of phosphoric ester groups is 3. The van der Waals surface area contributed by atoms with Gasteiger partial charge in [0.2, 0.25) is 11.8 Å². The first-order valence-electron chi connectivity index (χ1n) is 25.5. The number of aromatic nitrogens is 4. The molecule has 8 unspecified atom stereocenters. The summed E-state index contributed by atoms with van der Waals surface area (Å²) < 4.78 is 62.5. The third-order valence-electron chi connectivity index (χ3n) is 12.4. The summed E-state index contributed by atoms with van der Waals surface area (Å²) in [4.78, 5) is 88.6. The van der Waals surface area contributed by atoms with E-state index in [0.29, 0.717) is 12.2 Å². The molecule has 10 N–H and O–H groups in total. The molecule has 0 bridgehead atoms. The highest BCUT2D eigenvalue weighted by atomic mass is 32.2. The van der Waals surface area contributed by atoms with Crippen LogP contribution < -0.4 is 16.4 Å². The van der Waals surface area contributed by atoms with E-state index < -0.39 is 84.6 Å². The number of aliphatic hydroxyl groups is 2. The van der Waals surface area contributed by atoms with Gasteiger partial charge in [-0.15, -0.1) is 0 Å². The minimum atomic E-state index is -5.58. The van der Waals surface area contributed by atoms with E-state index in [0.717, 1.165) is 54.2 Å². The first kappa shape index (κ1) is 64.8. The van der Waals surface area contributed by atoms with Gasteiger partial charge in [0, 0.05) is 37.1 Å². The van der Waals surface area contributed by atoms with E-state index >= 15 is 0 Å². The number of phosphoric acid groups is 3. The van der Waals surface area contributed by atoms with Crippen molar-refractivity contribution in [1.82, 2.24) is 30.2 Å². The van der Waals surface area contributed by atoms with Gasteiger partial charge in [0.15, 0.2) is 22.8 Å². The highest BCUT2D eigenvalue weighted by Crippen LogP contribution is 2.61. The number of fused-ring (bicyclic) bond motifs is 1. The van der Waals surface area contributed by atoms with Gasteiger partial charge >= 0.3 is 23.5 Å². The minimum absolute atomic E-state index is 0.0344. The Kier molecular flexibility index (Phi) is 29.3. The lowest BCUT2D eigenvalue weighted by molar-refractivity contribution is -0.137. The number of nitrogens with one attached hydrogen (secondary N) is 2. The van der Waals surface area contributed by atoms with Crippen molar-refractivity contribution in [2.24, 2.45) is 11.3 Å². The molecule has 1 aliphatic heterocycles. The lowest BCUT2D eigenvalue weighted by Crippen LogP contribution is -2.46. The van der Waals surface area contributed by atoms with Crippen molar-refractivity contribution in [1.29, 1.82) is 0 Å². The number of carbonyl (C=O) groups excluding carboxylic acids is 3. The number of hydrogen-bond donors (Lipinski definition) is 9. The van der Waals surface area contributed by atoms with Gasteiger partial charge in [-0.25, -0.2) is 28.6 Å². The van der Waals surface area contributed by atoms with Gasteiger partial charge < -0.3 is 50.9 Å². The van der Waals surface area contributed by atoms with E-state index in [1.54, 1.807) is 0 Å². The average molecular weight is 1120 g/mol. The molecular weight excluding hydrogens is 1040 g/mol. The fraction of sp³-hybridized carbons (Fsp3) is 0.822. The summed E-state index contributed by atoms with van der Waals surface area (Å²) in [5.74, 6) is -0.178. The SMILES string of the molecule is CCCCCCCCCCC(C)CCCCCCCCCCCC(=O)SCCNC(=O)CCNC(=O)C(O)C(C)(C)COP(=O)(O)OP(=O)(O)OCC1OC(n2cnc3c(N)ncnc32)C(O)C1OP(=O)(O)O. The molecule has 0 radical (unpaired) electrons. The molecule has 1 aliphatic rings. The summed E-state index contributed by atoms with van der Waals surface area (Å²) >= 11 is 1.16. The molecule has 1 fully saturated rings. The predicted molar refractivity (Wildman–Crippen MR) is 274 cm³/mol. The first-order valence-corrected chi connectivity index (χ1v) is 31.0. The lowest BCUT2D eigenvalue weighted by atomic mass is 9.87. The number of carbonyl (C=O) groups is 3. The molecule has 28 heteroatoms. The molecule has 8 atom stereocenters. The van der Waals surface area contributed by atoms with Gasteiger partial charge in [-0.1, -0.05) is 155 Å². The van der Waals surface area contributed by atoms with Crippen molar-refractivity contribution in [3.63, 3.8) is 0 Å². The van der Waals surface area contributed by atoms with Crippen molar-refractivity contribution in [2.45, 2.75) is 193 Å². The van der Waals surface area contributed by atoms with Crippen LogP contribution in [0.3, 0.4) is 0 Å². The second kappa shape index (κ2) is 33.0. The lowest BCUT2D eigenvalue weighted by Gasteiger charge is -2.30. The first-order chi connectivity index (χ1) is 34.4. The largest absolute Gasteiger partial charge is 0.481 e. The molecule has 420 valence electrons. The zero-order valence-corrected chi connectivity index (χ0v) is 46.3. The van der Waals surface area contributed by atoms with Crippen molar-refractivity contribution in [3.05, 3.63) is 12.7 Å². The molecule has 2 aromatic rings. The maximum absolute atomic E-state index is 12.8.